The highest BCUT2D eigenvalue weighted by Crippen LogP contribution is 2.34. The first kappa shape index (κ1) is 16.3. The van der Waals surface area contributed by atoms with E-state index in [1.165, 1.54) is 6.92 Å². The number of hydrogen-bond donors (Lipinski definition) is 1. The molecule has 1 aromatic rings. The van der Waals surface area contributed by atoms with E-state index in [1.54, 1.807) is 38.5 Å². The van der Waals surface area contributed by atoms with Gasteiger partial charge in [0.2, 0.25) is 5.91 Å². The van der Waals surface area contributed by atoms with Gasteiger partial charge in [-0.1, -0.05) is 11.8 Å². The van der Waals surface area contributed by atoms with Gasteiger partial charge in [0.1, 0.15) is 11.5 Å². The Morgan fingerprint density at radius 3 is 2.68 bits per heavy atom. The van der Waals surface area contributed by atoms with Crippen molar-refractivity contribution in [1.82, 2.24) is 10.4 Å². The zero-order chi connectivity index (χ0) is 16.3. The van der Waals surface area contributed by atoms with Crippen molar-refractivity contribution in [3.63, 3.8) is 0 Å². The van der Waals surface area contributed by atoms with E-state index in [2.05, 4.69) is 5.43 Å². The van der Waals surface area contributed by atoms with Gasteiger partial charge in [-0.2, -0.15) is 5.01 Å². The minimum absolute atomic E-state index is 0.272. The van der Waals surface area contributed by atoms with E-state index in [1.807, 2.05) is 0 Å². The molecule has 1 aliphatic rings. The molecule has 1 N–H and O–H groups in total. The summed E-state index contributed by atoms with van der Waals surface area (Å²) in [5.74, 6) is 0.501. The molecule has 1 aliphatic heterocycles. The quantitative estimate of drug-likeness (QED) is 0.669. The van der Waals surface area contributed by atoms with Crippen LogP contribution in [0.1, 0.15) is 12.5 Å². The van der Waals surface area contributed by atoms with E-state index in [0.717, 1.165) is 16.8 Å². The van der Waals surface area contributed by atoms with Crippen molar-refractivity contribution in [3.05, 3.63) is 28.7 Å². The minimum Gasteiger partial charge on any atom is -0.497 e. The molecule has 0 atom stereocenters. The van der Waals surface area contributed by atoms with Gasteiger partial charge in [-0.05, 0) is 36.5 Å². The number of ether oxygens (including phenoxy) is 2. The molecule has 0 aromatic heterocycles. The summed E-state index contributed by atoms with van der Waals surface area (Å²) < 4.78 is 10.7. The third kappa shape index (κ3) is 3.40. The van der Waals surface area contributed by atoms with Gasteiger partial charge in [-0.15, -0.1) is 0 Å². The Morgan fingerprint density at radius 2 is 2.09 bits per heavy atom. The van der Waals surface area contributed by atoms with E-state index in [-0.39, 0.29) is 16.1 Å². The average Bonchev–Trinajstić information content (AvgIpc) is 2.74. The number of carbonyl (C=O) groups excluding carboxylic acids is 2. The SMILES string of the molecule is COc1ccc(OC)c(/C=C2\SC(=S)N(NC(C)=O)C2=O)c1. The summed E-state index contributed by atoms with van der Waals surface area (Å²) in [4.78, 5) is 23.8. The maximum Gasteiger partial charge on any atom is 0.285 e. The Labute approximate surface area is 137 Å². The molecule has 8 heteroatoms. The lowest BCUT2D eigenvalue weighted by molar-refractivity contribution is -0.131. The van der Waals surface area contributed by atoms with E-state index >= 15 is 0 Å². The molecule has 1 fully saturated rings. The average molecular weight is 338 g/mol. The van der Waals surface area contributed by atoms with E-state index in [4.69, 9.17) is 21.7 Å². The second-order valence-electron chi connectivity index (χ2n) is 4.29. The predicted molar refractivity (Wildman–Crippen MR) is 88.4 cm³/mol. The number of rotatable bonds is 4. The van der Waals surface area contributed by atoms with Gasteiger partial charge >= 0.3 is 0 Å². The first-order valence-corrected chi connectivity index (χ1v) is 7.46. The maximum absolute atomic E-state index is 12.3. The standard InChI is InChI=1S/C14H14N2O4S2/c1-8(17)15-16-13(18)12(22-14(16)21)7-9-6-10(19-2)4-5-11(9)20-3/h4-7H,1-3H3,(H,15,17)/b12-7-. The van der Waals surface area contributed by atoms with Gasteiger partial charge in [-0.25, -0.2) is 0 Å². The summed E-state index contributed by atoms with van der Waals surface area (Å²) in [6.45, 7) is 1.31. The number of hydrogen-bond acceptors (Lipinski definition) is 6. The van der Waals surface area contributed by atoms with Crippen molar-refractivity contribution in [1.29, 1.82) is 0 Å². The summed E-state index contributed by atoms with van der Waals surface area (Å²) in [5, 5.41) is 1.06. The Bertz CT molecular complexity index is 673. The number of amides is 2. The fourth-order valence-electron chi connectivity index (χ4n) is 1.81. The number of methoxy groups -OCH3 is 2. The number of carbonyl (C=O) groups is 2. The Kier molecular flexibility index (Phi) is 5.04. The van der Waals surface area contributed by atoms with E-state index in [0.29, 0.717) is 22.0 Å². The van der Waals surface area contributed by atoms with Gasteiger partial charge in [-0.3, -0.25) is 15.0 Å². The van der Waals surface area contributed by atoms with Crippen molar-refractivity contribution < 1.29 is 19.1 Å². The van der Waals surface area contributed by atoms with Crippen molar-refractivity contribution in [2.24, 2.45) is 0 Å². The van der Waals surface area contributed by atoms with Crippen molar-refractivity contribution in [2.75, 3.05) is 14.2 Å². The number of nitrogens with one attached hydrogen (secondary N) is 1. The predicted octanol–water partition coefficient (Wildman–Crippen LogP) is 1.96. The molecular formula is C14H14N2O4S2. The highest BCUT2D eigenvalue weighted by molar-refractivity contribution is 8.26. The number of benzene rings is 1. The van der Waals surface area contributed by atoms with Crippen LogP contribution in [0, 0.1) is 0 Å². The normalized spacial score (nSPS) is 16.1. The van der Waals surface area contributed by atoms with Crippen LogP contribution in [0.4, 0.5) is 0 Å². The number of nitrogens with zero attached hydrogens (tertiary/aromatic N) is 1. The Balaban J connectivity index is 2.36. The highest BCUT2D eigenvalue weighted by Gasteiger charge is 2.33. The molecular weight excluding hydrogens is 324 g/mol. The van der Waals surface area contributed by atoms with Crippen LogP contribution in [0.5, 0.6) is 11.5 Å². The topological polar surface area (TPSA) is 67.9 Å². The van der Waals surface area contributed by atoms with E-state index < -0.39 is 0 Å². The van der Waals surface area contributed by atoms with Crippen LogP contribution in [0.25, 0.3) is 6.08 Å². The van der Waals surface area contributed by atoms with Crippen molar-refractivity contribution in [2.45, 2.75) is 6.92 Å². The molecule has 2 amide bonds. The van der Waals surface area contributed by atoms with Gasteiger partial charge in [0.15, 0.2) is 4.32 Å². The lowest BCUT2D eigenvalue weighted by Crippen LogP contribution is -2.43. The molecule has 0 unspecified atom stereocenters. The first-order valence-electron chi connectivity index (χ1n) is 6.23. The third-order valence-corrected chi connectivity index (χ3v) is 4.09. The molecule has 0 aliphatic carbocycles. The molecule has 1 heterocycles. The van der Waals surface area contributed by atoms with Crippen LogP contribution in [-0.2, 0) is 9.59 Å². The zero-order valence-corrected chi connectivity index (χ0v) is 13.8. The van der Waals surface area contributed by atoms with Crippen LogP contribution < -0.4 is 14.9 Å². The molecule has 1 aromatic carbocycles. The monoisotopic (exact) mass is 338 g/mol. The van der Waals surface area contributed by atoms with Crippen LogP contribution in [0.2, 0.25) is 0 Å². The lowest BCUT2D eigenvalue weighted by Gasteiger charge is -2.13. The molecule has 0 radical (unpaired) electrons. The molecule has 0 bridgehead atoms. The zero-order valence-electron chi connectivity index (χ0n) is 12.2. The maximum atomic E-state index is 12.3. The summed E-state index contributed by atoms with van der Waals surface area (Å²) in [6.07, 6.45) is 1.66. The molecule has 1 saturated heterocycles. The second-order valence-corrected chi connectivity index (χ2v) is 5.97. The van der Waals surface area contributed by atoms with Crippen LogP contribution in [-0.4, -0.2) is 35.4 Å². The largest absolute Gasteiger partial charge is 0.497 e. The smallest absolute Gasteiger partial charge is 0.285 e. The van der Waals surface area contributed by atoms with Gasteiger partial charge in [0.05, 0.1) is 19.1 Å². The number of thiocarbonyl (C=S) groups is 1. The summed E-state index contributed by atoms with van der Waals surface area (Å²) >= 11 is 6.20. The molecule has 6 nitrogen and oxygen atoms in total. The fourth-order valence-corrected chi connectivity index (χ4v) is 2.99. The van der Waals surface area contributed by atoms with Gasteiger partial charge < -0.3 is 9.47 Å². The Morgan fingerprint density at radius 1 is 1.36 bits per heavy atom. The fraction of sp³-hybridized carbons (Fsp3) is 0.214. The summed E-state index contributed by atoms with van der Waals surface area (Å²) in [5.41, 5.74) is 3.08. The second kappa shape index (κ2) is 6.80. The number of thioether (sulfide) groups is 1. The van der Waals surface area contributed by atoms with Gasteiger partial charge in [0.25, 0.3) is 5.91 Å². The molecule has 116 valence electrons. The summed E-state index contributed by atoms with van der Waals surface area (Å²) in [7, 11) is 3.10. The van der Waals surface area contributed by atoms with Crippen LogP contribution >= 0.6 is 24.0 Å². The molecule has 0 spiro atoms. The van der Waals surface area contributed by atoms with Crippen molar-refractivity contribution >= 4 is 46.2 Å². The minimum atomic E-state index is -0.380. The number of hydrazine groups is 1. The molecule has 0 saturated carbocycles. The lowest BCUT2D eigenvalue weighted by atomic mass is 10.1. The van der Waals surface area contributed by atoms with E-state index in [9.17, 15) is 9.59 Å². The van der Waals surface area contributed by atoms with Crippen LogP contribution in [0.3, 0.4) is 0 Å². The third-order valence-electron chi connectivity index (χ3n) is 2.79. The van der Waals surface area contributed by atoms with Crippen molar-refractivity contribution in [3.8, 4) is 11.5 Å². The van der Waals surface area contributed by atoms with Gasteiger partial charge in [0, 0.05) is 12.5 Å². The highest BCUT2D eigenvalue weighted by atomic mass is 32.2. The Hall–Kier alpha value is -2.06. The molecule has 22 heavy (non-hydrogen) atoms. The summed E-state index contributed by atoms with van der Waals surface area (Å²) in [6, 6.07) is 5.27. The first-order chi connectivity index (χ1) is 10.5. The van der Waals surface area contributed by atoms with Crippen LogP contribution in [0.15, 0.2) is 23.1 Å². The molecule has 2 rings (SSSR count).